The van der Waals surface area contributed by atoms with Crippen molar-refractivity contribution in [2.45, 2.75) is 25.5 Å². The normalized spacial score (nSPS) is 24.0. The van der Waals surface area contributed by atoms with Gasteiger partial charge in [-0.1, -0.05) is 0 Å². The Balaban J connectivity index is 4.23. The average molecular weight is 149 g/mol. The largest absolute Gasteiger partial charge is 0.363 e. The highest BCUT2D eigenvalue weighted by molar-refractivity contribution is 4.71. The van der Waals surface area contributed by atoms with Gasteiger partial charge >= 0.3 is 0 Å². The molecule has 2 unspecified atom stereocenters. The molecule has 5 heteroatoms. The van der Waals surface area contributed by atoms with Crippen LogP contribution in [0.4, 0.5) is 0 Å². The van der Waals surface area contributed by atoms with E-state index in [2.05, 4.69) is 0 Å². The van der Waals surface area contributed by atoms with Crippen molar-refractivity contribution < 1.29 is 10.2 Å². The highest BCUT2D eigenvalue weighted by atomic mass is 16.4. The molecule has 0 aliphatic heterocycles. The number of aliphatic hydroxyl groups is 2. The SMILES string of the molecule is CN(C(C)(N)O)C(C)(N)O. The molecule has 0 aliphatic carbocycles. The van der Waals surface area contributed by atoms with Crippen LogP contribution in [0.2, 0.25) is 0 Å². The Morgan fingerprint density at radius 3 is 1.30 bits per heavy atom. The summed E-state index contributed by atoms with van der Waals surface area (Å²) in [5.41, 5.74) is 10.4. The molecule has 62 valence electrons. The van der Waals surface area contributed by atoms with Crippen LogP contribution in [0.25, 0.3) is 0 Å². The smallest absolute Gasteiger partial charge is 0.171 e. The summed E-state index contributed by atoms with van der Waals surface area (Å²) in [4.78, 5) is 1.04. The summed E-state index contributed by atoms with van der Waals surface area (Å²) in [5, 5.41) is 18.2. The summed E-state index contributed by atoms with van der Waals surface area (Å²) in [5.74, 6) is -3.20. The van der Waals surface area contributed by atoms with E-state index in [1.54, 1.807) is 0 Å². The number of hydrogen-bond donors (Lipinski definition) is 4. The van der Waals surface area contributed by atoms with Crippen LogP contribution in [0.15, 0.2) is 0 Å². The second-order valence-corrected chi connectivity index (χ2v) is 2.75. The molecule has 6 N–H and O–H groups in total. The number of nitrogens with zero attached hydrogens (tertiary/aromatic N) is 1. The maximum absolute atomic E-state index is 9.09. The number of rotatable bonds is 2. The lowest BCUT2D eigenvalue weighted by molar-refractivity contribution is -0.197. The highest BCUT2D eigenvalue weighted by Gasteiger charge is 2.32. The van der Waals surface area contributed by atoms with Gasteiger partial charge in [0.05, 0.1) is 0 Å². The number of nitrogens with two attached hydrogens (primary N) is 2. The Morgan fingerprint density at radius 2 is 1.30 bits per heavy atom. The predicted molar refractivity (Wildman–Crippen MR) is 37.4 cm³/mol. The van der Waals surface area contributed by atoms with Crippen molar-refractivity contribution >= 4 is 0 Å². The second-order valence-electron chi connectivity index (χ2n) is 2.75. The van der Waals surface area contributed by atoms with Crippen molar-refractivity contribution in [3.05, 3.63) is 0 Å². The van der Waals surface area contributed by atoms with E-state index in [9.17, 15) is 0 Å². The van der Waals surface area contributed by atoms with E-state index in [1.807, 2.05) is 0 Å². The Kier molecular flexibility index (Phi) is 2.40. The summed E-state index contributed by atoms with van der Waals surface area (Å²) >= 11 is 0. The molecule has 5 nitrogen and oxygen atoms in total. The fourth-order valence-corrected chi connectivity index (χ4v) is 0.458. The average Bonchev–Trinajstić information content (AvgIpc) is 1.59. The van der Waals surface area contributed by atoms with E-state index in [1.165, 1.54) is 20.9 Å². The summed E-state index contributed by atoms with van der Waals surface area (Å²) in [6, 6.07) is 0. The zero-order valence-electron chi connectivity index (χ0n) is 6.50. The van der Waals surface area contributed by atoms with Gasteiger partial charge in [0.2, 0.25) is 0 Å². The first-order valence-electron chi connectivity index (χ1n) is 2.92. The molecule has 0 saturated heterocycles. The molecule has 0 bridgehead atoms. The minimum atomic E-state index is -1.60. The Morgan fingerprint density at radius 1 is 1.10 bits per heavy atom. The third-order valence-corrected chi connectivity index (χ3v) is 1.36. The molecule has 0 radical (unpaired) electrons. The molecule has 0 saturated carbocycles. The van der Waals surface area contributed by atoms with Gasteiger partial charge in [-0.2, -0.15) is 0 Å². The lowest BCUT2D eigenvalue weighted by Gasteiger charge is -2.38. The molecule has 0 aromatic carbocycles. The molecule has 0 fully saturated rings. The molecule has 0 aromatic heterocycles. The third-order valence-electron chi connectivity index (χ3n) is 1.36. The maximum Gasteiger partial charge on any atom is 0.171 e. The monoisotopic (exact) mass is 149 g/mol. The molecule has 0 heterocycles. The van der Waals surface area contributed by atoms with Crippen molar-refractivity contribution in [2.24, 2.45) is 11.5 Å². The summed E-state index contributed by atoms with van der Waals surface area (Å²) in [6.07, 6.45) is 0. The van der Waals surface area contributed by atoms with Crippen molar-refractivity contribution in [3.63, 3.8) is 0 Å². The molecule has 2 atom stereocenters. The number of hydrogen-bond acceptors (Lipinski definition) is 5. The van der Waals surface area contributed by atoms with Crippen molar-refractivity contribution in [1.29, 1.82) is 0 Å². The topological polar surface area (TPSA) is 95.7 Å². The summed E-state index contributed by atoms with van der Waals surface area (Å²) in [6.45, 7) is 2.66. The first kappa shape index (κ1) is 9.80. The van der Waals surface area contributed by atoms with Crippen LogP contribution in [-0.4, -0.2) is 33.9 Å². The lowest BCUT2D eigenvalue weighted by atomic mass is 10.3. The Labute approximate surface area is 60.2 Å². The summed E-state index contributed by atoms with van der Waals surface area (Å²) in [7, 11) is 1.42. The highest BCUT2D eigenvalue weighted by Crippen LogP contribution is 2.08. The van der Waals surface area contributed by atoms with Crippen LogP contribution in [-0.2, 0) is 0 Å². The van der Waals surface area contributed by atoms with Gasteiger partial charge in [0.15, 0.2) is 11.7 Å². The molecular weight excluding hydrogens is 134 g/mol. The molecule has 0 rings (SSSR count). The van der Waals surface area contributed by atoms with Crippen LogP contribution in [0.5, 0.6) is 0 Å². The van der Waals surface area contributed by atoms with E-state index in [4.69, 9.17) is 21.7 Å². The van der Waals surface area contributed by atoms with Gasteiger partial charge in [-0.15, -0.1) is 0 Å². The molecule has 0 spiro atoms. The maximum atomic E-state index is 9.09. The minimum absolute atomic E-state index is 1.04. The van der Waals surface area contributed by atoms with Gasteiger partial charge in [-0.25, -0.2) is 4.90 Å². The van der Waals surface area contributed by atoms with Crippen LogP contribution in [0, 0.1) is 0 Å². The van der Waals surface area contributed by atoms with Gasteiger partial charge in [-0.3, -0.25) is 11.5 Å². The minimum Gasteiger partial charge on any atom is -0.363 e. The van der Waals surface area contributed by atoms with Crippen LogP contribution in [0.1, 0.15) is 13.8 Å². The van der Waals surface area contributed by atoms with Gasteiger partial charge in [0.25, 0.3) is 0 Å². The van der Waals surface area contributed by atoms with Gasteiger partial charge in [0, 0.05) is 0 Å². The van der Waals surface area contributed by atoms with Gasteiger partial charge < -0.3 is 10.2 Å². The van der Waals surface area contributed by atoms with E-state index in [0.29, 0.717) is 0 Å². The lowest BCUT2D eigenvalue weighted by Crippen LogP contribution is -2.64. The molecule has 0 aromatic rings. The van der Waals surface area contributed by atoms with Crippen LogP contribution < -0.4 is 11.5 Å². The standard InChI is InChI=1S/C5H15N3O2/c1-4(6,9)8(3)5(2,7)10/h9-10H,6-7H2,1-3H3. The quantitative estimate of drug-likeness (QED) is 0.346. The second kappa shape index (κ2) is 2.44. The molecule has 0 aliphatic rings. The van der Waals surface area contributed by atoms with E-state index in [0.717, 1.165) is 4.90 Å². The summed E-state index contributed by atoms with van der Waals surface area (Å²) < 4.78 is 0. The van der Waals surface area contributed by atoms with Crippen molar-refractivity contribution in [3.8, 4) is 0 Å². The van der Waals surface area contributed by atoms with Gasteiger partial charge in [-0.05, 0) is 20.9 Å². The third kappa shape index (κ3) is 2.59. The van der Waals surface area contributed by atoms with Crippen LogP contribution >= 0.6 is 0 Å². The van der Waals surface area contributed by atoms with E-state index >= 15 is 0 Å². The molecule has 10 heavy (non-hydrogen) atoms. The fourth-order valence-electron chi connectivity index (χ4n) is 0.458. The first-order valence-corrected chi connectivity index (χ1v) is 2.92. The van der Waals surface area contributed by atoms with Crippen LogP contribution in [0.3, 0.4) is 0 Å². The zero-order valence-corrected chi connectivity index (χ0v) is 6.50. The van der Waals surface area contributed by atoms with E-state index in [-0.39, 0.29) is 0 Å². The van der Waals surface area contributed by atoms with Crippen molar-refractivity contribution in [2.75, 3.05) is 7.05 Å². The predicted octanol–water partition coefficient (Wildman–Crippen LogP) is -1.83. The fraction of sp³-hybridized carbons (Fsp3) is 1.00. The molecule has 0 amide bonds. The molecular formula is C5H15N3O2. The van der Waals surface area contributed by atoms with Crippen molar-refractivity contribution in [1.82, 2.24) is 4.90 Å². The van der Waals surface area contributed by atoms with Gasteiger partial charge in [0.1, 0.15) is 0 Å². The Bertz CT molecular complexity index is 99.0. The zero-order chi connectivity index (χ0) is 8.58. The Hall–Kier alpha value is -0.200. The first-order chi connectivity index (χ1) is 4.15. The van der Waals surface area contributed by atoms with E-state index < -0.39 is 11.7 Å².